The van der Waals surface area contributed by atoms with Crippen LogP contribution in [0.2, 0.25) is 0 Å². The summed E-state index contributed by atoms with van der Waals surface area (Å²) in [5.74, 6) is 2.91. The second-order valence-electron chi connectivity index (χ2n) is 18.7. The Hall–Kier alpha value is -5.50. The molecule has 0 unspecified atom stereocenters. The third kappa shape index (κ3) is 11.7. The van der Waals surface area contributed by atoms with E-state index in [4.69, 9.17) is 38.9 Å². The third-order valence-electron chi connectivity index (χ3n) is 11.7. The Morgan fingerprint density at radius 3 is 1.27 bits per heavy atom. The number of benzene rings is 2. The van der Waals surface area contributed by atoms with Crippen LogP contribution < -0.4 is 31.1 Å². The number of nitrogens with one attached hydrogen (secondary N) is 4. The van der Waals surface area contributed by atoms with Gasteiger partial charge in [-0.1, -0.05) is 0 Å². The second kappa shape index (κ2) is 20.2. The van der Waals surface area contributed by atoms with Gasteiger partial charge in [0.15, 0.2) is 11.6 Å². The van der Waals surface area contributed by atoms with Crippen LogP contribution in [0.25, 0.3) is 22.8 Å². The monoisotopic (exact) mass is 911 g/mol. The van der Waals surface area contributed by atoms with Gasteiger partial charge in [0.05, 0.1) is 62.2 Å². The zero-order chi connectivity index (χ0) is 47.3. The van der Waals surface area contributed by atoms with E-state index in [0.717, 1.165) is 71.5 Å². The number of ether oxygens (including phenoxy) is 4. The first-order chi connectivity index (χ1) is 31.4. The molecule has 2 fully saturated rings. The molecule has 18 nitrogen and oxygen atoms in total. The van der Waals surface area contributed by atoms with Crippen LogP contribution in [0.15, 0.2) is 48.5 Å². The molecule has 0 saturated carbocycles. The van der Waals surface area contributed by atoms with E-state index in [-0.39, 0.29) is 12.1 Å². The predicted octanol–water partition coefficient (Wildman–Crippen LogP) is 6.06. The molecule has 4 aliphatic rings. The number of amides is 4. The van der Waals surface area contributed by atoms with Crippen molar-refractivity contribution in [1.82, 2.24) is 30.6 Å². The molecule has 0 aliphatic carbocycles. The summed E-state index contributed by atoms with van der Waals surface area (Å²) in [5.41, 5.74) is 3.39. The number of aromatic nitrogens is 4. The molecule has 0 bridgehead atoms. The van der Waals surface area contributed by atoms with E-state index >= 15 is 0 Å². The summed E-state index contributed by atoms with van der Waals surface area (Å²) in [6.45, 7) is 22.4. The summed E-state index contributed by atoms with van der Waals surface area (Å²) in [5, 5.41) is 32.1. The highest BCUT2D eigenvalue weighted by molar-refractivity contribution is 5.90. The lowest BCUT2D eigenvalue weighted by Gasteiger charge is -2.32. The fraction of sp³-hybridized carbons (Fsp3) is 0.542. The van der Waals surface area contributed by atoms with Crippen molar-refractivity contribution in [3.63, 3.8) is 0 Å². The number of hydrogen-bond acceptors (Lipinski definition) is 14. The minimum Gasteiger partial charge on any atom is -0.390 e. The highest BCUT2D eigenvalue weighted by Gasteiger charge is 2.45. The second-order valence-corrected chi connectivity index (χ2v) is 18.7. The minimum atomic E-state index is -0.910. The molecule has 18 heteroatoms. The van der Waals surface area contributed by atoms with Crippen molar-refractivity contribution in [3.8, 4) is 22.8 Å². The lowest BCUT2D eigenvalue weighted by Crippen LogP contribution is -2.38. The number of carbonyl (C=O) groups excluding carboxylic acids is 2. The van der Waals surface area contributed by atoms with Crippen LogP contribution in [0.3, 0.4) is 0 Å². The van der Waals surface area contributed by atoms with Crippen molar-refractivity contribution < 1.29 is 38.7 Å². The summed E-state index contributed by atoms with van der Waals surface area (Å²) >= 11 is 0. The van der Waals surface area contributed by atoms with E-state index < -0.39 is 22.4 Å². The molecule has 66 heavy (non-hydrogen) atoms. The molecule has 4 aliphatic heterocycles. The van der Waals surface area contributed by atoms with E-state index in [1.165, 1.54) is 0 Å². The molecule has 6 N–H and O–H groups in total. The van der Waals surface area contributed by atoms with Gasteiger partial charge in [-0.15, -0.1) is 0 Å². The highest BCUT2D eigenvalue weighted by Crippen LogP contribution is 2.46. The average Bonchev–Trinajstić information content (AvgIpc) is 3.78. The molecule has 4 amide bonds. The lowest BCUT2D eigenvalue weighted by atomic mass is 9.87. The highest BCUT2D eigenvalue weighted by atomic mass is 16.5. The fourth-order valence-corrected chi connectivity index (χ4v) is 9.01. The zero-order valence-corrected chi connectivity index (χ0v) is 39.5. The Bertz CT molecular complexity index is 2160. The number of anilines is 4. The number of morpholine rings is 2. The molecule has 2 aromatic carbocycles. The quantitative estimate of drug-likeness (QED) is 0.0954. The van der Waals surface area contributed by atoms with Gasteiger partial charge in [0.2, 0.25) is 0 Å². The van der Waals surface area contributed by atoms with Gasteiger partial charge in [0, 0.05) is 85.7 Å². The maximum absolute atomic E-state index is 11.8. The molecule has 356 valence electrons. The van der Waals surface area contributed by atoms with E-state index in [1.807, 2.05) is 76.2 Å². The Balaban J connectivity index is 0.000000196. The van der Waals surface area contributed by atoms with Gasteiger partial charge < -0.3 is 60.2 Å². The van der Waals surface area contributed by atoms with E-state index in [9.17, 15) is 19.8 Å². The van der Waals surface area contributed by atoms with Crippen LogP contribution in [-0.4, -0.2) is 119 Å². The molecular weight excluding hydrogens is 845 g/mol. The maximum atomic E-state index is 11.8. The largest absolute Gasteiger partial charge is 0.390 e. The van der Waals surface area contributed by atoms with Crippen LogP contribution in [0.1, 0.15) is 90.7 Å². The fourth-order valence-electron chi connectivity index (χ4n) is 9.01. The molecule has 4 aromatic rings. The van der Waals surface area contributed by atoms with E-state index in [0.29, 0.717) is 88.6 Å². The van der Waals surface area contributed by atoms with Crippen molar-refractivity contribution in [2.45, 2.75) is 104 Å². The van der Waals surface area contributed by atoms with Crippen LogP contribution in [-0.2, 0) is 43.4 Å². The number of rotatable bonds is 12. The van der Waals surface area contributed by atoms with Gasteiger partial charge in [-0.05, 0) is 104 Å². The summed E-state index contributed by atoms with van der Waals surface area (Å²) in [6.07, 6.45) is 0.836. The first kappa shape index (κ1) is 48.4. The molecule has 0 spiro atoms. The molecule has 6 heterocycles. The van der Waals surface area contributed by atoms with Crippen LogP contribution in [0.5, 0.6) is 0 Å². The van der Waals surface area contributed by atoms with Crippen LogP contribution in [0.4, 0.5) is 32.6 Å². The van der Waals surface area contributed by atoms with Crippen LogP contribution >= 0.6 is 0 Å². The molecule has 2 atom stereocenters. The Kier molecular flexibility index (Phi) is 14.8. The van der Waals surface area contributed by atoms with Gasteiger partial charge in [-0.25, -0.2) is 29.5 Å². The Labute approximate surface area is 387 Å². The van der Waals surface area contributed by atoms with Gasteiger partial charge in [-0.2, -0.15) is 0 Å². The summed E-state index contributed by atoms with van der Waals surface area (Å²) in [4.78, 5) is 47.8. The number of nitrogens with zero attached hydrogens (tertiary/aromatic N) is 6. The van der Waals surface area contributed by atoms with E-state index in [1.54, 1.807) is 27.7 Å². The number of urea groups is 2. The van der Waals surface area contributed by atoms with Gasteiger partial charge in [-0.3, -0.25) is 0 Å². The molecular formula is C48H66N10O8. The van der Waals surface area contributed by atoms with E-state index in [2.05, 4.69) is 31.1 Å². The maximum Gasteiger partial charge on any atom is 0.319 e. The van der Waals surface area contributed by atoms with Crippen molar-refractivity contribution in [2.75, 3.05) is 86.1 Å². The molecule has 2 saturated heterocycles. The number of hydrogen-bond donors (Lipinski definition) is 6. The van der Waals surface area contributed by atoms with Crippen molar-refractivity contribution >= 4 is 35.1 Å². The summed E-state index contributed by atoms with van der Waals surface area (Å²) in [6, 6.07) is 14.5. The number of carbonyl (C=O) groups is 2. The predicted molar refractivity (Wildman–Crippen MR) is 253 cm³/mol. The van der Waals surface area contributed by atoms with Crippen molar-refractivity contribution in [1.29, 1.82) is 0 Å². The average molecular weight is 911 g/mol. The van der Waals surface area contributed by atoms with Crippen molar-refractivity contribution in [3.05, 3.63) is 71.0 Å². The van der Waals surface area contributed by atoms with Gasteiger partial charge >= 0.3 is 12.1 Å². The molecule has 0 radical (unpaired) electrons. The number of fused-ring (bicyclic) bond motifs is 2. The SMILES string of the molecule is CCNC(=O)Nc1ccc(-c2nc(N3CCOCC3)c3c(n2)[C@@](C)(CC(C)(C)O)OC3)cc1.CCNC(=O)Nc1ccc(-c2nc(N3CCOCC3)c3c(n2)[C@](C)(CC(C)(C)O)OC3)cc1. The first-order valence-corrected chi connectivity index (χ1v) is 22.9. The third-order valence-corrected chi connectivity index (χ3v) is 11.7. The molecule has 8 rings (SSSR count). The molecule has 2 aromatic heterocycles. The smallest absolute Gasteiger partial charge is 0.319 e. The minimum absolute atomic E-state index is 0.242. The van der Waals surface area contributed by atoms with Crippen LogP contribution in [0, 0.1) is 0 Å². The normalized spacial score (nSPS) is 20.5. The first-order valence-electron chi connectivity index (χ1n) is 22.9. The lowest BCUT2D eigenvalue weighted by molar-refractivity contribution is -0.0818. The summed E-state index contributed by atoms with van der Waals surface area (Å²) < 4.78 is 23.5. The standard InChI is InChI=1S/2C24H33N5O4/c2*1-5-25-22(30)26-17-8-6-16(7-9-17)20-27-19-18(14-33-24(19,4)15-23(2,3)31)21(28-20)29-10-12-32-13-11-29/h2*6-9,31H,5,10-15H2,1-4H3,(H2,25,26,30)/t2*24-/m10/s1. The summed E-state index contributed by atoms with van der Waals surface area (Å²) in [7, 11) is 0. The Morgan fingerprint density at radius 2 is 0.955 bits per heavy atom. The van der Waals surface area contributed by atoms with Gasteiger partial charge in [0.25, 0.3) is 0 Å². The Morgan fingerprint density at radius 1 is 0.606 bits per heavy atom. The zero-order valence-electron chi connectivity index (χ0n) is 39.5. The number of aliphatic hydroxyl groups is 2. The topological polar surface area (TPSA) is 218 Å². The van der Waals surface area contributed by atoms with Gasteiger partial charge in [0.1, 0.15) is 22.8 Å². The van der Waals surface area contributed by atoms with Crippen molar-refractivity contribution in [2.24, 2.45) is 0 Å².